The van der Waals surface area contributed by atoms with Gasteiger partial charge >= 0.3 is 0 Å². The van der Waals surface area contributed by atoms with E-state index in [9.17, 15) is 14.0 Å². The third-order valence-corrected chi connectivity index (χ3v) is 4.77. The lowest BCUT2D eigenvalue weighted by Gasteiger charge is -2.20. The molecular formula is C19H25FN3O2S+. The Balaban J connectivity index is 1.98. The monoisotopic (exact) mass is 378 g/mol. The van der Waals surface area contributed by atoms with Gasteiger partial charge in [0, 0.05) is 11.4 Å². The summed E-state index contributed by atoms with van der Waals surface area (Å²) in [5.74, 6) is -0.536. The van der Waals surface area contributed by atoms with E-state index in [-0.39, 0.29) is 36.8 Å². The predicted molar refractivity (Wildman–Crippen MR) is 101 cm³/mol. The van der Waals surface area contributed by atoms with E-state index in [2.05, 4.69) is 10.6 Å². The van der Waals surface area contributed by atoms with Crippen molar-refractivity contribution in [3.05, 3.63) is 58.0 Å². The van der Waals surface area contributed by atoms with Crippen LogP contribution in [0.2, 0.25) is 0 Å². The van der Waals surface area contributed by atoms with Gasteiger partial charge in [-0.2, -0.15) is 0 Å². The zero-order chi connectivity index (χ0) is 18.9. The SMILES string of the molecule is CCCNC(=O)C[NH+](C)CC(=O)N[C@H](c1ccc(F)cc1)c1cccs1. The van der Waals surface area contributed by atoms with E-state index in [4.69, 9.17) is 0 Å². The normalized spacial score (nSPS) is 13.0. The second-order valence-corrected chi connectivity index (χ2v) is 7.21. The maximum absolute atomic E-state index is 13.2. The summed E-state index contributed by atoms with van der Waals surface area (Å²) in [6.07, 6.45) is 0.880. The van der Waals surface area contributed by atoms with Crippen LogP contribution in [0.3, 0.4) is 0 Å². The number of rotatable bonds is 9. The smallest absolute Gasteiger partial charge is 0.275 e. The third-order valence-electron chi connectivity index (χ3n) is 3.83. The zero-order valence-electron chi connectivity index (χ0n) is 15.0. The number of benzene rings is 1. The Kier molecular flexibility index (Phi) is 7.74. The maximum Gasteiger partial charge on any atom is 0.275 e. The number of amides is 2. The van der Waals surface area contributed by atoms with Crippen LogP contribution >= 0.6 is 11.3 Å². The van der Waals surface area contributed by atoms with Gasteiger partial charge < -0.3 is 15.5 Å². The van der Waals surface area contributed by atoms with E-state index in [0.29, 0.717) is 6.54 Å². The summed E-state index contributed by atoms with van der Waals surface area (Å²) < 4.78 is 13.2. The molecule has 0 bridgehead atoms. The highest BCUT2D eigenvalue weighted by Crippen LogP contribution is 2.26. The second kappa shape index (κ2) is 10.0. The van der Waals surface area contributed by atoms with Crippen molar-refractivity contribution in [3.8, 4) is 0 Å². The lowest BCUT2D eigenvalue weighted by molar-refractivity contribution is -0.862. The number of hydrogen-bond donors (Lipinski definition) is 3. The maximum atomic E-state index is 13.2. The van der Waals surface area contributed by atoms with Crippen LogP contribution in [0.25, 0.3) is 0 Å². The number of quaternary nitrogens is 1. The summed E-state index contributed by atoms with van der Waals surface area (Å²) in [5.41, 5.74) is 0.820. The Hall–Kier alpha value is -2.25. The molecule has 2 aromatic rings. The van der Waals surface area contributed by atoms with Gasteiger partial charge in [-0.3, -0.25) is 9.59 Å². The molecule has 7 heteroatoms. The van der Waals surface area contributed by atoms with Crippen LogP contribution in [0.1, 0.15) is 29.8 Å². The standard InChI is InChI=1S/C19H24FN3O2S/c1-3-10-21-17(24)12-23(2)13-18(25)22-19(16-5-4-11-26-16)14-6-8-15(20)9-7-14/h4-9,11,19H,3,10,12-13H2,1-2H3,(H,21,24)(H,22,25)/p+1/t19-/m1/s1. The first-order valence-corrected chi connectivity index (χ1v) is 9.53. The van der Waals surface area contributed by atoms with E-state index >= 15 is 0 Å². The zero-order valence-corrected chi connectivity index (χ0v) is 15.9. The van der Waals surface area contributed by atoms with E-state index in [0.717, 1.165) is 21.8 Å². The number of halogens is 1. The highest BCUT2D eigenvalue weighted by Gasteiger charge is 2.21. The Morgan fingerprint density at radius 3 is 2.46 bits per heavy atom. The molecule has 26 heavy (non-hydrogen) atoms. The van der Waals surface area contributed by atoms with Crippen LogP contribution in [0.4, 0.5) is 4.39 Å². The molecule has 2 rings (SSSR count). The largest absolute Gasteiger partial charge is 0.351 e. The van der Waals surface area contributed by atoms with Crippen molar-refractivity contribution in [2.75, 3.05) is 26.7 Å². The summed E-state index contributed by atoms with van der Waals surface area (Å²) in [7, 11) is 1.81. The third kappa shape index (κ3) is 6.24. The number of nitrogens with one attached hydrogen (secondary N) is 3. The number of hydrogen-bond acceptors (Lipinski definition) is 3. The quantitative estimate of drug-likeness (QED) is 0.613. The Labute approximate surface area is 157 Å². The molecule has 0 saturated heterocycles. The number of carbonyl (C=O) groups excluding carboxylic acids is 2. The molecule has 2 amide bonds. The van der Waals surface area contributed by atoms with Gasteiger partial charge in [0.2, 0.25) is 0 Å². The van der Waals surface area contributed by atoms with E-state index in [1.807, 2.05) is 31.5 Å². The molecule has 1 aromatic heterocycles. The average molecular weight is 378 g/mol. The average Bonchev–Trinajstić information content (AvgIpc) is 3.13. The summed E-state index contributed by atoms with van der Waals surface area (Å²) in [4.78, 5) is 26.0. The molecular weight excluding hydrogens is 353 g/mol. The number of thiophene rings is 1. The fraction of sp³-hybridized carbons (Fsp3) is 0.368. The molecule has 3 N–H and O–H groups in total. The van der Waals surface area contributed by atoms with Crippen molar-refractivity contribution < 1.29 is 18.9 Å². The van der Waals surface area contributed by atoms with E-state index in [1.165, 1.54) is 23.5 Å². The second-order valence-electron chi connectivity index (χ2n) is 6.23. The van der Waals surface area contributed by atoms with Crippen molar-refractivity contribution in [3.63, 3.8) is 0 Å². The molecule has 140 valence electrons. The predicted octanol–water partition coefficient (Wildman–Crippen LogP) is 1.13. The molecule has 0 spiro atoms. The molecule has 1 aromatic carbocycles. The summed E-state index contributed by atoms with van der Waals surface area (Å²) in [6, 6.07) is 9.65. The van der Waals surface area contributed by atoms with Gasteiger partial charge in [-0.15, -0.1) is 11.3 Å². The van der Waals surface area contributed by atoms with Gasteiger partial charge in [0.15, 0.2) is 13.1 Å². The Morgan fingerprint density at radius 1 is 1.15 bits per heavy atom. The first kappa shape index (κ1) is 20.1. The first-order valence-electron chi connectivity index (χ1n) is 8.65. The summed E-state index contributed by atoms with van der Waals surface area (Å²) in [6.45, 7) is 3.06. The van der Waals surface area contributed by atoms with Crippen molar-refractivity contribution in [1.82, 2.24) is 10.6 Å². The fourth-order valence-electron chi connectivity index (χ4n) is 2.58. The van der Waals surface area contributed by atoms with Crippen LogP contribution in [0.15, 0.2) is 41.8 Å². The van der Waals surface area contributed by atoms with Gasteiger partial charge in [-0.1, -0.05) is 25.1 Å². The molecule has 0 saturated carbocycles. The van der Waals surface area contributed by atoms with Crippen molar-refractivity contribution in [1.29, 1.82) is 0 Å². The van der Waals surface area contributed by atoms with Crippen molar-refractivity contribution in [2.24, 2.45) is 0 Å². The van der Waals surface area contributed by atoms with E-state index in [1.54, 1.807) is 12.1 Å². The van der Waals surface area contributed by atoms with Crippen LogP contribution in [-0.4, -0.2) is 38.5 Å². The van der Waals surface area contributed by atoms with Crippen LogP contribution in [-0.2, 0) is 9.59 Å². The van der Waals surface area contributed by atoms with Gasteiger partial charge in [0.25, 0.3) is 11.8 Å². The topological polar surface area (TPSA) is 62.6 Å². The minimum absolute atomic E-state index is 0.0644. The van der Waals surface area contributed by atoms with Crippen LogP contribution in [0.5, 0.6) is 0 Å². The lowest BCUT2D eigenvalue weighted by Crippen LogP contribution is -3.11. The molecule has 0 aliphatic rings. The lowest BCUT2D eigenvalue weighted by atomic mass is 10.1. The molecule has 5 nitrogen and oxygen atoms in total. The number of likely N-dealkylation sites (N-methyl/N-ethyl adjacent to an activating group) is 1. The van der Waals surface area contributed by atoms with Crippen molar-refractivity contribution >= 4 is 23.2 Å². The van der Waals surface area contributed by atoms with Crippen molar-refractivity contribution in [2.45, 2.75) is 19.4 Å². The minimum atomic E-state index is -0.329. The molecule has 0 aliphatic carbocycles. The van der Waals surface area contributed by atoms with Gasteiger partial charge in [-0.25, -0.2) is 4.39 Å². The summed E-state index contributed by atoms with van der Waals surface area (Å²) >= 11 is 1.53. The summed E-state index contributed by atoms with van der Waals surface area (Å²) in [5, 5.41) is 7.74. The molecule has 2 atom stereocenters. The molecule has 0 fully saturated rings. The molecule has 0 aliphatic heterocycles. The van der Waals surface area contributed by atoms with E-state index < -0.39 is 0 Å². The van der Waals surface area contributed by atoms with Crippen LogP contribution < -0.4 is 15.5 Å². The first-order chi connectivity index (χ1) is 12.5. The number of carbonyl (C=O) groups is 2. The fourth-order valence-corrected chi connectivity index (χ4v) is 3.38. The molecule has 0 radical (unpaired) electrons. The molecule has 1 unspecified atom stereocenters. The Bertz CT molecular complexity index is 704. The highest BCUT2D eigenvalue weighted by atomic mass is 32.1. The van der Waals surface area contributed by atoms with Crippen LogP contribution in [0, 0.1) is 5.82 Å². The molecule has 1 heterocycles. The van der Waals surface area contributed by atoms with Gasteiger partial charge in [0.05, 0.1) is 13.1 Å². The Morgan fingerprint density at radius 2 is 1.85 bits per heavy atom. The highest BCUT2D eigenvalue weighted by molar-refractivity contribution is 7.10. The minimum Gasteiger partial charge on any atom is -0.351 e. The van der Waals surface area contributed by atoms with Gasteiger partial charge in [-0.05, 0) is 35.6 Å². The van der Waals surface area contributed by atoms with Gasteiger partial charge in [0.1, 0.15) is 5.82 Å².